The van der Waals surface area contributed by atoms with Gasteiger partial charge in [0.05, 0.1) is 5.41 Å². The minimum absolute atomic E-state index is 0.378. The van der Waals surface area contributed by atoms with Crippen molar-refractivity contribution in [1.82, 2.24) is 0 Å². The molecule has 0 saturated heterocycles. The summed E-state index contributed by atoms with van der Waals surface area (Å²) in [4.78, 5) is 2.36. The predicted octanol–water partition coefficient (Wildman–Crippen LogP) is 10.3. The van der Waals surface area contributed by atoms with Gasteiger partial charge in [-0.2, -0.15) is 0 Å². The van der Waals surface area contributed by atoms with Gasteiger partial charge in [-0.05, 0) is 81.4 Å². The summed E-state index contributed by atoms with van der Waals surface area (Å²) in [6, 6.07) is 52.9. The van der Waals surface area contributed by atoms with Crippen molar-refractivity contribution in [3.63, 3.8) is 0 Å². The van der Waals surface area contributed by atoms with Gasteiger partial charge in [-0.25, -0.2) is 0 Å². The normalized spacial score (nSPS) is 13.5. The number of halogens is 1. The van der Waals surface area contributed by atoms with Crippen LogP contribution in [0.2, 0.25) is 0 Å². The van der Waals surface area contributed by atoms with Crippen LogP contribution in [0.3, 0.4) is 0 Å². The van der Waals surface area contributed by atoms with Crippen LogP contribution in [0.4, 0.5) is 17.1 Å². The van der Waals surface area contributed by atoms with Gasteiger partial charge in [-0.15, -0.1) is 0 Å². The number of rotatable bonds is 3. The highest BCUT2D eigenvalue weighted by Gasteiger charge is 2.52. The fourth-order valence-electron chi connectivity index (χ4n) is 6.87. The molecule has 8 rings (SSSR count). The minimum atomic E-state index is -0.378. The minimum Gasteiger partial charge on any atom is -0.310 e. The number of fused-ring (bicyclic) bond motifs is 10. The van der Waals surface area contributed by atoms with Crippen LogP contribution < -0.4 is 4.90 Å². The summed E-state index contributed by atoms with van der Waals surface area (Å²) in [6.45, 7) is 0. The van der Waals surface area contributed by atoms with E-state index < -0.39 is 0 Å². The van der Waals surface area contributed by atoms with Crippen LogP contribution in [0.5, 0.6) is 0 Å². The number of nitrogens with zero attached hydrogens (tertiary/aromatic N) is 1. The molecule has 0 amide bonds. The van der Waals surface area contributed by atoms with Gasteiger partial charge in [0, 0.05) is 27.1 Å². The molecule has 0 atom stereocenters. The van der Waals surface area contributed by atoms with Crippen molar-refractivity contribution in [3.05, 3.63) is 172 Å². The molecule has 2 aliphatic rings. The van der Waals surface area contributed by atoms with Crippen LogP contribution in [-0.2, 0) is 5.41 Å². The smallest absolute Gasteiger partial charge is 0.0726 e. The largest absolute Gasteiger partial charge is 0.310 e. The third-order valence-corrected chi connectivity index (χ3v) is 8.99. The van der Waals surface area contributed by atoms with E-state index in [9.17, 15) is 0 Å². The van der Waals surface area contributed by atoms with Crippen molar-refractivity contribution in [2.75, 3.05) is 4.90 Å². The van der Waals surface area contributed by atoms with Crippen molar-refractivity contribution in [2.24, 2.45) is 0 Å². The molecule has 0 N–H and O–H groups in total. The maximum atomic E-state index is 3.94. The molecule has 2 heteroatoms. The van der Waals surface area contributed by atoms with Crippen LogP contribution in [0, 0.1) is 0 Å². The van der Waals surface area contributed by atoms with E-state index in [1.807, 2.05) is 0 Å². The number of hydrogen-bond acceptors (Lipinski definition) is 1. The van der Waals surface area contributed by atoms with Crippen LogP contribution in [0.15, 0.2) is 150 Å². The summed E-state index contributed by atoms with van der Waals surface area (Å²) in [5.41, 5.74) is 13.6. The molecule has 0 radical (unpaired) electrons. The first-order chi connectivity index (χ1) is 19.3. The molecule has 39 heavy (non-hydrogen) atoms. The van der Waals surface area contributed by atoms with Gasteiger partial charge in [0.25, 0.3) is 0 Å². The highest BCUT2D eigenvalue weighted by atomic mass is 79.9. The summed E-state index contributed by atoms with van der Waals surface area (Å²) in [5.74, 6) is 0. The molecule has 0 aliphatic heterocycles. The standard InChI is InChI=1S/C37H24BrN/c38-35-21-11-20-33-36(35)30-23-22-27(39(25-12-3-1-4-13-25)26-14-5-2-6-15-26)24-34(30)37(33)31-18-9-7-16-28(31)29-17-8-10-19-32(29)37/h1-24H. The van der Waals surface area contributed by atoms with E-state index in [1.54, 1.807) is 0 Å². The van der Waals surface area contributed by atoms with E-state index in [-0.39, 0.29) is 5.41 Å². The predicted molar refractivity (Wildman–Crippen MR) is 165 cm³/mol. The molecular formula is C37H24BrN. The Hall–Kier alpha value is -4.40. The van der Waals surface area contributed by atoms with Gasteiger partial charge in [0.1, 0.15) is 0 Å². The molecule has 1 nitrogen and oxygen atoms in total. The van der Waals surface area contributed by atoms with Crippen molar-refractivity contribution < 1.29 is 0 Å². The summed E-state index contributed by atoms with van der Waals surface area (Å²) in [5, 5.41) is 0. The first-order valence-corrected chi connectivity index (χ1v) is 14.1. The van der Waals surface area contributed by atoms with E-state index in [0.29, 0.717) is 0 Å². The number of benzene rings is 6. The second kappa shape index (κ2) is 8.56. The van der Waals surface area contributed by atoms with Gasteiger partial charge in [-0.1, -0.05) is 119 Å². The highest BCUT2D eigenvalue weighted by Crippen LogP contribution is 2.64. The first kappa shape index (κ1) is 22.6. The summed E-state index contributed by atoms with van der Waals surface area (Å²) in [6.07, 6.45) is 0. The Labute approximate surface area is 237 Å². The lowest BCUT2D eigenvalue weighted by atomic mass is 9.70. The van der Waals surface area contributed by atoms with Gasteiger partial charge in [0.15, 0.2) is 0 Å². The summed E-state index contributed by atoms with van der Waals surface area (Å²) < 4.78 is 1.13. The Kier molecular flexibility index (Phi) is 4.95. The molecule has 1 spiro atoms. The third kappa shape index (κ3) is 3.07. The Balaban J connectivity index is 1.47. The van der Waals surface area contributed by atoms with Gasteiger partial charge in [0.2, 0.25) is 0 Å². The molecule has 184 valence electrons. The molecule has 0 heterocycles. The van der Waals surface area contributed by atoms with Crippen molar-refractivity contribution in [2.45, 2.75) is 5.41 Å². The molecule has 6 aromatic carbocycles. The lowest BCUT2D eigenvalue weighted by molar-refractivity contribution is 0.793. The van der Waals surface area contributed by atoms with Gasteiger partial charge < -0.3 is 4.90 Å². The first-order valence-electron chi connectivity index (χ1n) is 13.3. The molecule has 0 unspecified atom stereocenters. The quantitative estimate of drug-likeness (QED) is 0.207. The van der Waals surface area contributed by atoms with E-state index in [0.717, 1.165) is 21.5 Å². The highest BCUT2D eigenvalue weighted by molar-refractivity contribution is 9.10. The lowest BCUT2D eigenvalue weighted by Gasteiger charge is -2.32. The van der Waals surface area contributed by atoms with Crippen molar-refractivity contribution in [3.8, 4) is 22.3 Å². The zero-order chi connectivity index (χ0) is 26.0. The average Bonchev–Trinajstić information content (AvgIpc) is 3.46. The average molecular weight is 563 g/mol. The number of para-hydroxylation sites is 2. The molecule has 0 saturated carbocycles. The van der Waals surface area contributed by atoms with E-state index >= 15 is 0 Å². The number of hydrogen-bond donors (Lipinski definition) is 0. The monoisotopic (exact) mass is 561 g/mol. The van der Waals surface area contributed by atoms with E-state index in [1.165, 1.54) is 44.5 Å². The Bertz CT molecular complexity index is 1790. The molecule has 2 aliphatic carbocycles. The summed E-state index contributed by atoms with van der Waals surface area (Å²) >= 11 is 3.94. The van der Waals surface area contributed by atoms with Crippen molar-refractivity contribution in [1.29, 1.82) is 0 Å². The molecule has 6 aromatic rings. The third-order valence-electron chi connectivity index (χ3n) is 8.33. The summed E-state index contributed by atoms with van der Waals surface area (Å²) in [7, 11) is 0. The maximum Gasteiger partial charge on any atom is 0.0726 e. The molecule has 0 fully saturated rings. The zero-order valence-corrected chi connectivity index (χ0v) is 22.8. The van der Waals surface area contributed by atoms with Crippen LogP contribution >= 0.6 is 15.9 Å². The Morgan fingerprint density at radius 3 is 1.56 bits per heavy atom. The zero-order valence-electron chi connectivity index (χ0n) is 21.2. The SMILES string of the molecule is Brc1cccc2c1-c1ccc(N(c3ccccc3)c3ccccc3)cc1C21c2ccccc2-c2ccccc21. The molecular weight excluding hydrogens is 538 g/mol. The second-order valence-corrected chi connectivity index (χ2v) is 11.1. The number of anilines is 3. The van der Waals surface area contributed by atoms with Crippen molar-refractivity contribution >= 4 is 33.0 Å². The van der Waals surface area contributed by atoms with E-state index in [4.69, 9.17) is 0 Å². The molecule has 0 bridgehead atoms. The molecule has 0 aromatic heterocycles. The van der Waals surface area contributed by atoms with Gasteiger partial charge >= 0.3 is 0 Å². The second-order valence-electron chi connectivity index (χ2n) is 10.2. The lowest BCUT2D eigenvalue weighted by Crippen LogP contribution is -2.26. The van der Waals surface area contributed by atoms with E-state index in [2.05, 4.69) is 166 Å². The van der Waals surface area contributed by atoms with Crippen LogP contribution in [0.25, 0.3) is 22.3 Å². The fraction of sp³-hybridized carbons (Fsp3) is 0.0270. The topological polar surface area (TPSA) is 3.24 Å². The maximum absolute atomic E-state index is 3.94. The van der Waals surface area contributed by atoms with Crippen LogP contribution in [0.1, 0.15) is 22.3 Å². The fourth-order valence-corrected chi connectivity index (χ4v) is 7.45. The Morgan fingerprint density at radius 2 is 0.949 bits per heavy atom. The Morgan fingerprint density at radius 1 is 0.410 bits per heavy atom. The van der Waals surface area contributed by atoms with Gasteiger partial charge in [-0.3, -0.25) is 0 Å². The van der Waals surface area contributed by atoms with Crippen LogP contribution in [-0.4, -0.2) is 0 Å².